The van der Waals surface area contributed by atoms with Gasteiger partial charge in [0.15, 0.2) is 0 Å². The van der Waals surface area contributed by atoms with Gasteiger partial charge in [0.2, 0.25) is 0 Å². The number of rotatable bonds is 10. The zero-order chi connectivity index (χ0) is 22.9. The zero-order valence-corrected chi connectivity index (χ0v) is 21.9. The van der Waals surface area contributed by atoms with Gasteiger partial charge in [-0.15, -0.1) is 0 Å². The number of hydrogen-bond acceptors (Lipinski definition) is 3. The summed E-state index contributed by atoms with van der Waals surface area (Å²) in [6.07, 6.45) is 1.95. The molecule has 0 fully saturated rings. The average Bonchev–Trinajstić information content (AvgIpc) is 2.85. The van der Waals surface area contributed by atoms with Crippen LogP contribution >= 0.6 is 54.6 Å². The largest absolute Gasteiger partial charge is 0.0843 e. The molecule has 0 N–H and O–H groups in total. The molecule has 4 rings (SSSR count). The first-order valence-electron chi connectivity index (χ1n) is 10.7. The molecule has 0 radical (unpaired) electrons. The molecule has 2 unspecified atom stereocenters. The van der Waals surface area contributed by atoms with Crippen LogP contribution in [-0.4, -0.2) is 0 Å². The lowest BCUT2D eigenvalue weighted by molar-refractivity contribution is 0.937. The highest BCUT2D eigenvalue weighted by molar-refractivity contribution is 9.09. The van der Waals surface area contributed by atoms with Gasteiger partial charge >= 0.3 is 0 Å². The fraction of sp³-hybridized carbons (Fsp3) is 0.143. The maximum atomic E-state index is 6.15. The highest BCUT2D eigenvalue weighted by Gasteiger charge is 2.18. The summed E-state index contributed by atoms with van der Waals surface area (Å²) >= 11 is 12.3. The molecule has 0 aliphatic heterocycles. The lowest BCUT2D eigenvalue weighted by Gasteiger charge is -2.20. The van der Waals surface area contributed by atoms with Gasteiger partial charge in [-0.2, -0.15) is 0 Å². The second-order valence-corrected chi connectivity index (χ2v) is 13.0. The molecule has 0 aliphatic carbocycles. The summed E-state index contributed by atoms with van der Waals surface area (Å²) in [4.78, 5) is 0. The standard InChI is InChI=1S/C28H24Cl2S3/c29-25-15-11-23(12-16-25)27(19-21-7-3-1-4-8-21)31-33-32-28(20-22-9-5-2-6-10-22)24-13-17-26(30)18-14-24/h1-18,27-28H,19-20H2. The summed E-state index contributed by atoms with van der Waals surface area (Å²) in [7, 11) is 5.72. The third-order valence-electron chi connectivity index (χ3n) is 5.32. The minimum Gasteiger partial charge on any atom is -0.0843 e. The fourth-order valence-electron chi connectivity index (χ4n) is 3.54. The molecule has 0 saturated heterocycles. The molecule has 0 heterocycles. The predicted octanol–water partition coefficient (Wildman–Crippen LogP) is 10.3. The monoisotopic (exact) mass is 526 g/mol. The molecular weight excluding hydrogens is 503 g/mol. The third kappa shape index (κ3) is 7.77. The lowest BCUT2D eigenvalue weighted by Crippen LogP contribution is -1.99. The summed E-state index contributed by atoms with van der Waals surface area (Å²) in [5.41, 5.74) is 5.28. The van der Waals surface area contributed by atoms with Crippen LogP contribution in [0, 0.1) is 0 Å². The molecule has 0 spiro atoms. The van der Waals surface area contributed by atoms with Gasteiger partial charge in [0.1, 0.15) is 0 Å². The van der Waals surface area contributed by atoms with Crippen molar-refractivity contribution in [3.8, 4) is 0 Å². The topological polar surface area (TPSA) is 0 Å². The Hall–Kier alpha value is -1.49. The maximum absolute atomic E-state index is 6.15. The van der Waals surface area contributed by atoms with Crippen LogP contribution < -0.4 is 0 Å². The first kappa shape index (κ1) is 24.6. The Morgan fingerprint density at radius 3 is 1.21 bits per heavy atom. The first-order valence-corrected chi connectivity index (χ1v) is 15.1. The normalized spacial score (nSPS) is 12.9. The third-order valence-corrected chi connectivity index (χ3v) is 10.6. The number of benzene rings is 4. The van der Waals surface area contributed by atoms with Crippen LogP contribution in [0.1, 0.15) is 32.8 Å². The zero-order valence-electron chi connectivity index (χ0n) is 17.9. The summed E-state index contributed by atoms with van der Waals surface area (Å²) in [5.74, 6) is 0. The average molecular weight is 528 g/mol. The van der Waals surface area contributed by atoms with Gasteiger partial charge in [-0.1, -0.05) is 130 Å². The van der Waals surface area contributed by atoms with Gasteiger partial charge in [-0.25, -0.2) is 0 Å². The van der Waals surface area contributed by atoms with Gasteiger partial charge in [0, 0.05) is 20.5 Å². The van der Waals surface area contributed by atoms with E-state index >= 15 is 0 Å². The first-order chi connectivity index (χ1) is 16.2. The Kier molecular flexibility index (Phi) is 9.57. The van der Waals surface area contributed by atoms with Gasteiger partial charge in [0.05, 0.1) is 0 Å². The second kappa shape index (κ2) is 12.8. The van der Waals surface area contributed by atoms with E-state index in [1.54, 1.807) is 0 Å². The van der Waals surface area contributed by atoms with Crippen molar-refractivity contribution in [3.63, 3.8) is 0 Å². The Labute approximate surface area is 218 Å². The molecule has 0 nitrogen and oxygen atoms in total. The molecule has 4 aromatic carbocycles. The second-order valence-electron chi connectivity index (χ2n) is 7.72. The summed E-state index contributed by atoms with van der Waals surface area (Å²) in [6.45, 7) is 0. The number of halogens is 2. The van der Waals surface area contributed by atoms with E-state index in [2.05, 4.69) is 84.9 Å². The van der Waals surface area contributed by atoms with Crippen LogP contribution in [0.2, 0.25) is 10.0 Å². The number of hydrogen-bond donors (Lipinski definition) is 0. The van der Waals surface area contributed by atoms with Crippen LogP contribution in [0.3, 0.4) is 0 Å². The van der Waals surface area contributed by atoms with Crippen LogP contribution in [0.25, 0.3) is 0 Å². The molecule has 0 aromatic heterocycles. The summed E-state index contributed by atoms with van der Waals surface area (Å²) in [6, 6.07) is 37.9. The molecule has 5 heteroatoms. The quantitative estimate of drug-likeness (QED) is 0.188. The molecule has 0 amide bonds. The van der Waals surface area contributed by atoms with Crippen LogP contribution in [-0.2, 0) is 12.8 Å². The SMILES string of the molecule is Clc1ccc(C(Cc2ccccc2)SSSC(Cc2ccccc2)c2ccc(Cl)cc2)cc1. The minimum absolute atomic E-state index is 0.338. The Morgan fingerprint density at radius 2 is 0.848 bits per heavy atom. The highest BCUT2D eigenvalue weighted by Crippen LogP contribution is 2.52. The summed E-state index contributed by atoms with van der Waals surface area (Å²) < 4.78 is 0. The van der Waals surface area contributed by atoms with Crippen molar-refractivity contribution >= 4 is 54.6 Å². The maximum Gasteiger partial charge on any atom is 0.0449 e. The Balaban J connectivity index is 1.48. The van der Waals surface area contributed by atoms with Crippen LogP contribution in [0.15, 0.2) is 109 Å². The van der Waals surface area contributed by atoms with Crippen molar-refractivity contribution in [2.24, 2.45) is 0 Å². The van der Waals surface area contributed by atoms with E-state index in [4.69, 9.17) is 23.2 Å². The van der Waals surface area contributed by atoms with Gasteiger partial charge in [-0.3, -0.25) is 0 Å². The smallest absolute Gasteiger partial charge is 0.0449 e. The highest BCUT2D eigenvalue weighted by atomic mass is 35.5. The fourth-order valence-corrected chi connectivity index (χ4v) is 8.98. The molecule has 2 atom stereocenters. The van der Waals surface area contributed by atoms with E-state index in [0.717, 1.165) is 22.9 Å². The van der Waals surface area contributed by atoms with Crippen molar-refractivity contribution in [2.45, 2.75) is 23.3 Å². The molecule has 0 aliphatic rings. The van der Waals surface area contributed by atoms with Crippen LogP contribution in [0.4, 0.5) is 0 Å². The lowest BCUT2D eigenvalue weighted by atomic mass is 10.0. The van der Waals surface area contributed by atoms with Crippen molar-refractivity contribution in [1.82, 2.24) is 0 Å². The molecule has 168 valence electrons. The molecule has 0 bridgehead atoms. The Morgan fingerprint density at radius 1 is 0.485 bits per heavy atom. The molecule has 4 aromatic rings. The van der Waals surface area contributed by atoms with Crippen molar-refractivity contribution in [3.05, 3.63) is 141 Å². The minimum atomic E-state index is 0.338. The van der Waals surface area contributed by atoms with E-state index in [1.807, 2.05) is 55.7 Å². The van der Waals surface area contributed by atoms with E-state index in [0.29, 0.717) is 10.5 Å². The Bertz CT molecular complexity index is 1010. The van der Waals surface area contributed by atoms with Crippen molar-refractivity contribution in [1.29, 1.82) is 0 Å². The van der Waals surface area contributed by atoms with E-state index in [9.17, 15) is 0 Å². The van der Waals surface area contributed by atoms with E-state index in [1.165, 1.54) is 22.3 Å². The van der Waals surface area contributed by atoms with Crippen molar-refractivity contribution in [2.75, 3.05) is 0 Å². The predicted molar refractivity (Wildman–Crippen MR) is 151 cm³/mol. The van der Waals surface area contributed by atoms with Crippen LogP contribution in [0.5, 0.6) is 0 Å². The van der Waals surface area contributed by atoms with Crippen molar-refractivity contribution < 1.29 is 0 Å². The van der Waals surface area contributed by atoms with Gasteiger partial charge < -0.3 is 0 Å². The molecular formula is C28H24Cl2S3. The van der Waals surface area contributed by atoms with E-state index in [-0.39, 0.29) is 0 Å². The van der Waals surface area contributed by atoms with E-state index < -0.39 is 0 Å². The summed E-state index contributed by atoms with van der Waals surface area (Å²) in [5, 5.41) is 2.22. The molecule has 0 saturated carbocycles. The van der Waals surface area contributed by atoms with Gasteiger partial charge in [-0.05, 0) is 69.2 Å². The molecule has 33 heavy (non-hydrogen) atoms. The van der Waals surface area contributed by atoms with Gasteiger partial charge in [0.25, 0.3) is 0 Å².